The summed E-state index contributed by atoms with van der Waals surface area (Å²) in [7, 11) is 1.75. The maximum Gasteiger partial charge on any atom is 0.0589 e. The summed E-state index contributed by atoms with van der Waals surface area (Å²) in [5, 5.41) is 0.841. The Morgan fingerprint density at radius 1 is 1.50 bits per heavy atom. The van der Waals surface area contributed by atoms with Crippen LogP contribution in [0.4, 0.5) is 0 Å². The summed E-state index contributed by atoms with van der Waals surface area (Å²) in [5.41, 5.74) is 1.37. The molecule has 1 saturated heterocycles. The summed E-state index contributed by atoms with van der Waals surface area (Å²) < 4.78 is 5.10. The SMILES string of the molecule is COCCN1CCC(c2cccc(Cl)c2)C1. The molecule has 0 spiro atoms. The number of ether oxygens (including phenoxy) is 1. The second-order valence-electron chi connectivity index (χ2n) is 4.33. The maximum absolute atomic E-state index is 6.01. The van der Waals surface area contributed by atoms with E-state index in [-0.39, 0.29) is 0 Å². The van der Waals surface area contributed by atoms with Crippen LogP contribution in [0.3, 0.4) is 0 Å². The van der Waals surface area contributed by atoms with Crippen molar-refractivity contribution in [2.45, 2.75) is 12.3 Å². The second-order valence-corrected chi connectivity index (χ2v) is 4.77. The molecule has 1 atom stereocenters. The molecular weight excluding hydrogens is 222 g/mol. The van der Waals surface area contributed by atoms with Gasteiger partial charge in [-0.25, -0.2) is 0 Å². The zero-order valence-corrected chi connectivity index (χ0v) is 10.4. The van der Waals surface area contributed by atoms with Gasteiger partial charge in [0.25, 0.3) is 0 Å². The summed E-state index contributed by atoms with van der Waals surface area (Å²) >= 11 is 6.01. The lowest BCUT2D eigenvalue weighted by Crippen LogP contribution is -2.24. The fourth-order valence-corrected chi connectivity index (χ4v) is 2.49. The number of halogens is 1. The van der Waals surface area contributed by atoms with Crippen LogP contribution in [0.15, 0.2) is 24.3 Å². The van der Waals surface area contributed by atoms with Gasteiger partial charge < -0.3 is 9.64 Å². The van der Waals surface area contributed by atoms with E-state index in [2.05, 4.69) is 17.0 Å². The van der Waals surface area contributed by atoms with Crippen molar-refractivity contribution in [3.05, 3.63) is 34.9 Å². The Morgan fingerprint density at radius 3 is 3.12 bits per heavy atom. The van der Waals surface area contributed by atoms with Crippen LogP contribution in [0.25, 0.3) is 0 Å². The van der Waals surface area contributed by atoms with Crippen molar-refractivity contribution < 1.29 is 4.74 Å². The van der Waals surface area contributed by atoms with Crippen LogP contribution in [0.5, 0.6) is 0 Å². The molecule has 0 aliphatic carbocycles. The Balaban J connectivity index is 1.93. The second kappa shape index (κ2) is 5.67. The van der Waals surface area contributed by atoms with Crippen molar-refractivity contribution in [2.75, 3.05) is 33.4 Å². The summed E-state index contributed by atoms with van der Waals surface area (Å²) in [6, 6.07) is 8.24. The highest BCUT2D eigenvalue weighted by Crippen LogP contribution is 2.28. The first kappa shape index (κ1) is 11.9. The molecule has 0 aromatic heterocycles. The third kappa shape index (κ3) is 2.97. The van der Waals surface area contributed by atoms with Gasteiger partial charge in [0.2, 0.25) is 0 Å². The van der Waals surface area contributed by atoms with E-state index in [0.29, 0.717) is 5.92 Å². The molecule has 0 radical (unpaired) electrons. The molecule has 1 unspecified atom stereocenters. The monoisotopic (exact) mass is 239 g/mol. The molecule has 1 aliphatic rings. The Morgan fingerprint density at radius 2 is 2.38 bits per heavy atom. The smallest absolute Gasteiger partial charge is 0.0589 e. The van der Waals surface area contributed by atoms with E-state index in [9.17, 15) is 0 Å². The normalized spacial score (nSPS) is 21.5. The highest BCUT2D eigenvalue weighted by Gasteiger charge is 2.23. The van der Waals surface area contributed by atoms with Crippen LogP contribution in [0, 0.1) is 0 Å². The predicted molar refractivity (Wildman–Crippen MR) is 67.1 cm³/mol. The van der Waals surface area contributed by atoms with Gasteiger partial charge in [-0.1, -0.05) is 23.7 Å². The van der Waals surface area contributed by atoms with Crippen molar-refractivity contribution >= 4 is 11.6 Å². The molecule has 0 N–H and O–H groups in total. The van der Waals surface area contributed by atoms with Crippen LogP contribution in [-0.4, -0.2) is 38.3 Å². The quantitative estimate of drug-likeness (QED) is 0.801. The summed E-state index contributed by atoms with van der Waals surface area (Å²) in [6.45, 7) is 4.15. The van der Waals surface area contributed by atoms with Gasteiger partial charge in [-0.2, -0.15) is 0 Å². The van der Waals surface area contributed by atoms with Crippen molar-refractivity contribution in [3.8, 4) is 0 Å². The maximum atomic E-state index is 6.01. The molecule has 1 aliphatic heterocycles. The molecule has 0 bridgehead atoms. The molecule has 2 rings (SSSR count). The zero-order valence-electron chi connectivity index (χ0n) is 9.66. The largest absolute Gasteiger partial charge is 0.383 e. The lowest BCUT2D eigenvalue weighted by atomic mass is 9.99. The van der Waals surface area contributed by atoms with Gasteiger partial charge in [0.1, 0.15) is 0 Å². The van der Waals surface area contributed by atoms with E-state index in [1.54, 1.807) is 7.11 Å². The summed E-state index contributed by atoms with van der Waals surface area (Å²) in [5.74, 6) is 0.635. The molecule has 16 heavy (non-hydrogen) atoms. The van der Waals surface area contributed by atoms with Crippen molar-refractivity contribution in [3.63, 3.8) is 0 Å². The Bertz CT molecular complexity index is 342. The highest BCUT2D eigenvalue weighted by atomic mass is 35.5. The summed E-state index contributed by atoms with van der Waals surface area (Å²) in [6.07, 6.45) is 1.23. The molecular formula is C13H18ClNO. The van der Waals surface area contributed by atoms with E-state index < -0.39 is 0 Å². The lowest BCUT2D eigenvalue weighted by molar-refractivity contribution is 0.160. The van der Waals surface area contributed by atoms with E-state index in [1.807, 2.05) is 12.1 Å². The molecule has 0 saturated carbocycles. The van der Waals surface area contributed by atoms with E-state index in [4.69, 9.17) is 16.3 Å². The number of hydrogen-bond donors (Lipinski definition) is 0. The minimum atomic E-state index is 0.635. The third-order valence-corrected chi connectivity index (χ3v) is 3.44. The number of rotatable bonds is 4. The molecule has 2 nitrogen and oxygen atoms in total. The standard InChI is InChI=1S/C13H18ClNO/c1-16-8-7-15-6-5-12(10-15)11-3-2-4-13(14)9-11/h2-4,9,12H,5-8,10H2,1H3. The van der Waals surface area contributed by atoms with Crippen LogP contribution in [-0.2, 0) is 4.74 Å². The van der Waals surface area contributed by atoms with E-state index >= 15 is 0 Å². The van der Waals surface area contributed by atoms with Crippen LogP contribution in [0.1, 0.15) is 17.9 Å². The first-order chi connectivity index (χ1) is 7.79. The van der Waals surface area contributed by atoms with Gasteiger partial charge >= 0.3 is 0 Å². The highest BCUT2D eigenvalue weighted by molar-refractivity contribution is 6.30. The van der Waals surface area contributed by atoms with Crippen molar-refractivity contribution in [2.24, 2.45) is 0 Å². The average Bonchev–Trinajstić information content (AvgIpc) is 2.75. The van der Waals surface area contributed by atoms with E-state index in [1.165, 1.54) is 18.5 Å². The van der Waals surface area contributed by atoms with E-state index in [0.717, 1.165) is 24.7 Å². The molecule has 1 aromatic carbocycles. The van der Waals surface area contributed by atoms with Gasteiger partial charge in [0.05, 0.1) is 6.61 Å². The lowest BCUT2D eigenvalue weighted by Gasteiger charge is -2.15. The minimum Gasteiger partial charge on any atom is -0.383 e. The van der Waals surface area contributed by atoms with Gasteiger partial charge in [-0.15, -0.1) is 0 Å². The molecule has 1 heterocycles. The van der Waals surface area contributed by atoms with Crippen molar-refractivity contribution in [1.29, 1.82) is 0 Å². The molecule has 3 heteroatoms. The molecule has 1 aromatic rings. The first-order valence-electron chi connectivity index (χ1n) is 5.76. The minimum absolute atomic E-state index is 0.635. The van der Waals surface area contributed by atoms with Crippen LogP contribution < -0.4 is 0 Å². The molecule has 0 amide bonds. The average molecular weight is 240 g/mol. The number of methoxy groups -OCH3 is 1. The third-order valence-electron chi connectivity index (χ3n) is 3.20. The fourth-order valence-electron chi connectivity index (χ4n) is 2.29. The Kier molecular flexibility index (Phi) is 4.22. The van der Waals surface area contributed by atoms with Gasteiger partial charge in [-0.05, 0) is 36.6 Å². The summed E-state index contributed by atoms with van der Waals surface area (Å²) in [4.78, 5) is 2.45. The van der Waals surface area contributed by atoms with Gasteiger partial charge in [0.15, 0.2) is 0 Å². The van der Waals surface area contributed by atoms with Crippen molar-refractivity contribution in [1.82, 2.24) is 4.90 Å². The number of hydrogen-bond acceptors (Lipinski definition) is 2. The molecule has 88 valence electrons. The Labute approximate surface area is 102 Å². The fraction of sp³-hybridized carbons (Fsp3) is 0.538. The molecule has 1 fully saturated rings. The van der Waals surface area contributed by atoms with Gasteiger partial charge in [0, 0.05) is 25.2 Å². The number of nitrogens with zero attached hydrogens (tertiary/aromatic N) is 1. The number of benzene rings is 1. The Hall–Kier alpha value is -0.570. The predicted octanol–water partition coefficient (Wildman–Crippen LogP) is 2.78. The van der Waals surface area contributed by atoms with Crippen LogP contribution in [0.2, 0.25) is 5.02 Å². The van der Waals surface area contributed by atoms with Gasteiger partial charge in [-0.3, -0.25) is 0 Å². The topological polar surface area (TPSA) is 12.5 Å². The van der Waals surface area contributed by atoms with Crippen LogP contribution >= 0.6 is 11.6 Å². The first-order valence-corrected chi connectivity index (χ1v) is 6.14. The number of likely N-dealkylation sites (tertiary alicyclic amines) is 1. The zero-order chi connectivity index (χ0) is 11.4.